The number of carboxylic acid groups (broad SMARTS) is 1. The third kappa shape index (κ3) is 66.3. The van der Waals surface area contributed by atoms with E-state index in [9.17, 15) is 19.5 Å². The standard InChI is InChI=1S/C76H123NO8/c1-6-8-10-12-14-16-18-20-22-24-26-28-30-32-33-34-35-36-37-38-39-40-41-43-45-47-49-51-53-55-57-59-61-63-65-67-74(79)85-72(71-84-76(75(80)81)82-69-68-77(3,4)5)70-83-73(78)66-64-62-60-58-56-54-52-50-48-46-44-42-31-29-27-25-23-21-19-17-15-13-11-9-7-2/h8-11,14-17,20-23,26-29,32-33,35-36,38-39,41,43,47,49,72,76H,6-7,12-13,18-19,24-25,30-31,34,37,40,42,44-46,48,50-71H2,1-5H3/b10-8-,11-9-,16-14-,17-15-,22-20-,23-21-,28-26-,29-27-,33-32-,36-35-,39-38-,43-41-,49-47-. The molecule has 0 fully saturated rings. The van der Waals surface area contributed by atoms with Crippen LogP contribution >= 0.6 is 0 Å². The maximum Gasteiger partial charge on any atom is 0.306 e. The van der Waals surface area contributed by atoms with E-state index >= 15 is 0 Å². The van der Waals surface area contributed by atoms with Gasteiger partial charge in [0.15, 0.2) is 12.4 Å². The quantitative estimate of drug-likeness (QED) is 0.0195. The summed E-state index contributed by atoms with van der Waals surface area (Å²) in [5.41, 5.74) is 0. The number of esters is 2. The molecule has 0 aliphatic rings. The summed E-state index contributed by atoms with van der Waals surface area (Å²) >= 11 is 0. The summed E-state index contributed by atoms with van der Waals surface area (Å²) in [7, 11) is 5.91. The van der Waals surface area contributed by atoms with Gasteiger partial charge in [-0.25, -0.2) is 0 Å². The summed E-state index contributed by atoms with van der Waals surface area (Å²) in [5.74, 6) is -2.31. The van der Waals surface area contributed by atoms with Crippen molar-refractivity contribution >= 4 is 17.9 Å². The van der Waals surface area contributed by atoms with Crippen molar-refractivity contribution in [2.24, 2.45) is 0 Å². The zero-order valence-corrected chi connectivity index (χ0v) is 54.7. The van der Waals surface area contributed by atoms with Crippen molar-refractivity contribution in [3.8, 4) is 0 Å². The van der Waals surface area contributed by atoms with Crippen LogP contribution in [-0.4, -0.2) is 82.3 Å². The second kappa shape index (κ2) is 64.9. The second-order valence-corrected chi connectivity index (χ2v) is 23.0. The summed E-state index contributed by atoms with van der Waals surface area (Å²) in [6.45, 7) is 4.50. The molecular weight excluding hydrogens is 1050 g/mol. The van der Waals surface area contributed by atoms with Crippen molar-refractivity contribution in [3.05, 3.63) is 158 Å². The number of aliphatic carboxylic acids is 1. The van der Waals surface area contributed by atoms with Crippen molar-refractivity contribution < 1.29 is 42.9 Å². The topological polar surface area (TPSA) is 111 Å². The van der Waals surface area contributed by atoms with Crippen LogP contribution in [0.1, 0.15) is 245 Å². The van der Waals surface area contributed by atoms with Crippen LogP contribution in [0.4, 0.5) is 0 Å². The third-order valence-corrected chi connectivity index (χ3v) is 13.8. The Morgan fingerprint density at radius 1 is 0.353 bits per heavy atom. The fourth-order valence-corrected chi connectivity index (χ4v) is 8.70. The molecule has 0 spiro atoms. The largest absolute Gasteiger partial charge is 0.545 e. The van der Waals surface area contributed by atoms with Gasteiger partial charge >= 0.3 is 11.9 Å². The monoisotopic (exact) mass is 1180 g/mol. The predicted octanol–water partition coefficient (Wildman–Crippen LogP) is 19.6. The number of allylic oxidation sites excluding steroid dienone is 26. The van der Waals surface area contributed by atoms with Crippen LogP contribution in [0.15, 0.2) is 158 Å². The fraction of sp³-hybridized carbons (Fsp3) is 0.618. The number of carbonyl (C=O) groups is 3. The highest BCUT2D eigenvalue weighted by atomic mass is 16.7. The van der Waals surface area contributed by atoms with E-state index in [2.05, 4.69) is 172 Å². The average Bonchev–Trinajstić information content (AvgIpc) is 3.48. The normalized spacial score (nSPS) is 13.8. The van der Waals surface area contributed by atoms with Gasteiger partial charge in [-0.2, -0.15) is 0 Å². The maximum atomic E-state index is 12.9. The molecule has 0 radical (unpaired) electrons. The molecule has 0 heterocycles. The predicted molar refractivity (Wildman–Crippen MR) is 361 cm³/mol. The van der Waals surface area contributed by atoms with Gasteiger partial charge in [0.05, 0.1) is 40.3 Å². The van der Waals surface area contributed by atoms with Gasteiger partial charge in [0.1, 0.15) is 13.2 Å². The van der Waals surface area contributed by atoms with Crippen LogP contribution in [-0.2, 0) is 33.3 Å². The number of unbranched alkanes of at least 4 members (excludes halogenated alkanes) is 19. The van der Waals surface area contributed by atoms with Crippen LogP contribution in [0.3, 0.4) is 0 Å². The Bertz CT molecular complexity index is 1950. The molecular formula is C76H123NO8. The highest BCUT2D eigenvalue weighted by molar-refractivity contribution is 5.70. The summed E-state index contributed by atoms with van der Waals surface area (Å²) in [5, 5.41) is 11.8. The van der Waals surface area contributed by atoms with Gasteiger partial charge in [0.2, 0.25) is 0 Å². The number of carbonyl (C=O) groups excluding carboxylic acids is 3. The van der Waals surface area contributed by atoms with E-state index in [-0.39, 0.29) is 38.6 Å². The van der Waals surface area contributed by atoms with Gasteiger partial charge in [-0.1, -0.05) is 268 Å². The molecule has 0 aromatic carbocycles. The van der Waals surface area contributed by atoms with Crippen LogP contribution in [0.25, 0.3) is 0 Å². The first-order chi connectivity index (χ1) is 41.6. The molecule has 0 aromatic heterocycles. The van der Waals surface area contributed by atoms with Gasteiger partial charge < -0.3 is 33.3 Å². The summed E-state index contributed by atoms with van der Waals surface area (Å²) in [6.07, 6.45) is 93.0. The Morgan fingerprint density at radius 2 is 0.635 bits per heavy atom. The highest BCUT2D eigenvalue weighted by Crippen LogP contribution is 2.15. The molecule has 0 saturated heterocycles. The SMILES string of the molecule is CC/C=C\C/C=C\C/C=C\C/C=C\C/C=C\C/C=C\C/C=C\C/C=C\C/C=C\CCCCCCCCCC(=O)OC(COC(=O)CCCCCCCCCCCCCC/C=C\C/C=C\C/C=C\C/C=C\CC)COC(OCC[N+](C)(C)C)C(=O)[O-]. The lowest BCUT2D eigenvalue weighted by Gasteiger charge is -2.26. The molecule has 0 bridgehead atoms. The summed E-state index contributed by atoms with van der Waals surface area (Å²) in [4.78, 5) is 37.5. The van der Waals surface area contributed by atoms with Gasteiger partial charge in [0.25, 0.3) is 0 Å². The molecule has 480 valence electrons. The van der Waals surface area contributed by atoms with E-state index in [0.29, 0.717) is 17.4 Å². The van der Waals surface area contributed by atoms with Crippen LogP contribution in [0, 0.1) is 0 Å². The van der Waals surface area contributed by atoms with E-state index in [1.165, 1.54) is 83.5 Å². The van der Waals surface area contributed by atoms with Crippen LogP contribution in [0.5, 0.6) is 0 Å². The molecule has 2 atom stereocenters. The summed E-state index contributed by atoms with van der Waals surface area (Å²) < 4.78 is 22.8. The first kappa shape index (κ1) is 79.9. The van der Waals surface area contributed by atoms with Gasteiger partial charge in [-0.05, 0) is 122 Å². The molecule has 0 amide bonds. The highest BCUT2D eigenvalue weighted by Gasteiger charge is 2.22. The molecule has 0 rings (SSSR count). The molecule has 0 aromatic rings. The van der Waals surface area contributed by atoms with E-state index in [1.54, 1.807) is 0 Å². The van der Waals surface area contributed by atoms with Crippen molar-refractivity contribution in [1.82, 2.24) is 0 Å². The number of likely N-dealkylation sites (N-methyl/N-ethyl adjacent to an activating group) is 1. The fourth-order valence-electron chi connectivity index (χ4n) is 8.70. The Hall–Kier alpha value is -5.09. The van der Waals surface area contributed by atoms with Crippen molar-refractivity contribution in [2.75, 3.05) is 47.5 Å². The number of rotatable bonds is 60. The smallest absolute Gasteiger partial charge is 0.306 e. The second-order valence-electron chi connectivity index (χ2n) is 23.0. The van der Waals surface area contributed by atoms with Crippen LogP contribution < -0.4 is 5.11 Å². The van der Waals surface area contributed by atoms with Crippen molar-refractivity contribution in [3.63, 3.8) is 0 Å². The molecule has 0 saturated carbocycles. The Balaban J connectivity index is 4.23. The van der Waals surface area contributed by atoms with E-state index < -0.39 is 24.3 Å². The third-order valence-electron chi connectivity index (χ3n) is 13.8. The first-order valence-electron chi connectivity index (χ1n) is 33.6. The zero-order valence-electron chi connectivity index (χ0n) is 54.7. The molecule has 9 nitrogen and oxygen atoms in total. The van der Waals surface area contributed by atoms with E-state index in [4.69, 9.17) is 18.9 Å². The average molecular weight is 1180 g/mol. The number of hydrogen-bond donors (Lipinski definition) is 0. The molecule has 0 N–H and O–H groups in total. The van der Waals surface area contributed by atoms with Gasteiger partial charge in [-0.3, -0.25) is 9.59 Å². The lowest BCUT2D eigenvalue weighted by Crippen LogP contribution is -2.44. The van der Waals surface area contributed by atoms with Gasteiger partial charge in [0, 0.05) is 12.8 Å². The Labute approximate surface area is 521 Å². The molecule has 2 unspecified atom stereocenters. The lowest BCUT2D eigenvalue weighted by atomic mass is 10.0. The van der Waals surface area contributed by atoms with E-state index in [1.807, 2.05) is 21.1 Å². The lowest BCUT2D eigenvalue weighted by molar-refractivity contribution is -0.870. The minimum Gasteiger partial charge on any atom is -0.545 e. The maximum absolute atomic E-state index is 12.9. The Kier molecular flexibility index (Phi) is 61.0. The minimum atomic E-state index is -1.64. The molecule has 0 aliphatic heterocycles. The van der Waals surface area contributed by atoms with Crippen molar-refractivity contribution in [1.29, 1.82) is 0 Å². The van der Waals surface area contributed by atoms with Gasteiger partial charge in [-0.15, -0.1) is 0 Å². The zero-order chi connectivity index (χ0) is 61.9. The van der Waals surface area contributed by atoms with E-state index in [0.717, 1.165) is 128 Å². The number of ether oxygens (including phenoxy) is 4. The Morgan fingerprint density at radius 3 is 0.941 bits per heavy atom. The first-order valence-corrected chi connectivity index (χ1v) is 33.6. The number of quaternary nitrogens is 1. The minimum absolute atomic E-state index is 0.137. The molecule has 85 heavy (non-hydrogen) atoms. The number of nitrogens with zero attached hydrogens (tertiary/aromatic N) is 1. The molecule has 9 heteroatoms. The van der Waals surface area contributed by atoms with Crippen LogP contribution in [0.2, 0.25) is 0 Å². The molecule has 0 aliphatic carbocycles. The number of carboxylic acids is 1. The number of hydrogen-bond acceptors (Lipinski definition) is 8. The summed E-state index contributed by atoms with van der Waals surface area (Å²) in [6, 6.07) is 0. The van der Waals surface area contributed by atoms with Crippen molar-refractivity contribution in [2.45, 2.75) is 257 Å².